The molecule has 0 N–H and O–H groups in total. The van der Waals surface area contributed by atoms with E-state index in [-0.39, 0.29) is 5.91 Å². The lowest BCUT2D eigenvalue weighted by Crippen LogP contribution is -2.39. The van der Waals surface area contributed by atoms with Crippen molar-refractivity contribution in [2.75, 3.05) is 18.8 Å². The lowest BCUT2D eigenvalue weighted by molar-refractivity contribution is -0.129. The van der Waals surface area contributed by atoms with Gasteiger partial charge in [-0.3, -0.25) is 4.79 Å². The molecule has 1 aliphatic heterocycles. The maximum absolute atomic E-state index is 12.5. The lowest BCUT2D eigenvalue weighted by Gasteiger charge is -2.33. The summed E-state index contributed by atoms with van der Waals surface area (Å²) in [6.45, 7) is 2.75. The number of imidazole rings is 1. The number of aromatic nitrogens is 5. The summed E-state index contributed by atoms with van der Waals surface area (Å²) in [6, 6.07) is 0. The summed E-state index contributed by atoms with van der Waals surface area (Å²) in [5.41, 5.74) is 0. The van der Waals surface area contributed by atoms with E-state index < -0.39 is 0 Å². The zero-order chi connectivity index (χ0) is 17.9. The Balaban J connectivity index is 1.28. The Bertz CT molecular complexity index is 744. The first-order valence-corrected chi connectivity index (χ1v) is 10.4. The molecule has 1 saturated heterocycles. The minimum atomic E-state index is 0.189. The summed E-state index contributed by atoms with van der Waals surface area (Å²) in [7, 11) is 1.89. The highest BCUT2D eigenvalue weighted by Gasteiger charge is 2.27. The average molecular weight is 375 g/mol. The van der Waals surface area contributed by atoms with E-state index in [9.17, 15) is 4.79 Å². The fourth-order valence-electron chi connectivity index (χ4n) is 3.80. The number of hydrogen-bond acceptors (Lipinski definition) is 5. The molecule has 1 aliphatic carbocycles. The van der Waals surface area contributed by atoms with Crippen LogP contribution in [-0.4, -0.2) is 54.0 Å². The first-order valence-electron chi connectivity index (χ1n) is 9.46. The van der Waals surface area contributed by atoms with Gasteiger partial charge in [0, 0.05) is 45.0 Å². The Morgan fingerprint density at radius 3 is 2.73 bits per heavy atom. The third kappa shape index (κ3) is 3.79. The molecule has 0 aromatic carbocycles. The molecule has 2 aliphatic rings. The Kier molecular flexibility index (Phi) is 5.28. The number of rotatable bonds is 6. The molecular formula is C18H26N6OS. The van der Waals surface area contributed by atoms with Gasteiger partial charge in [0.1, 0.15) is 12.2 Å². The molecule has 2 aromatic heterocycles. The van der Waals surface area contributed by atoms with Crippen LogP contribution in [0.4, 0.5) is 0 Å². The molecule has 2 fully saturated rings. The van der Waals surface area contributed by atoms with Crippen molar-refractivity contribution in [2.45, 2.75) is 49.7 Å². The fourth-order valence-corrected chi connectivity index (χ4v) is 4.59. The van der Waals surface area contributed by atoms with Crippen molar-refractivity contribution in [3.05, 3.63) is 24.5 Å². The zero-order valence-corrected chi connectivity index (χ0v) is 16.1. The average Bonchev–Trinajstić information content (AvgIpc) is 3.25. The van der Waals surface area contributed by atoms with Crippen LogP contribution in [0, 0.1) is 5.92 Å². The zero-order valence-electron chi connectivity index (χ0n) is 15.3. The standard InChI is InChI=1S/C18H26N6OS/c1-22-13-20-21-18(22)26-12-16(25)23-8-5-15(6-9-23)17-19-7-10-24(17)11-14-3-2-4-14/h7,10,13-15H,2-6,8-9,11-12H2,1H3. The first-order chi connectivity index (χ1) is 12.7. The highest BCUT2D eigenvalue weighted by Crippen LogP contribution is 2.31. The molecule has 4 rings (SSSR count). The van der Waals surface area contributed by atoms with E-state index >= 15 is 0 Å². The van der Waals surface area contributed by atoms with Crippen LogP contribution in [0.3, 0.4) is 0 Å². The van der Waals surface area contributed by atoms with Gasteiger partial charge in [-0.1, -0.05) is 18.2 Å². The van der Waals surface area contributed by atoms with Gasteiger partial charge >= 0.3 is 0 Å². The van der Waals surface area contributed by atoms with Gasteiger partial charge in [0.25, 0.3) is 0 Å². The molecule has 1 amide bonds. The Labute approximate surface area is 158 Å². The fraction of sp³-hybridized carbons (Fsp3) is 0.667. The second kappa shape index (κ2) is 7.82. The van der Waals surface area contributed by atoms with Crippen LogP contribution in [0.5, 0.6) is 0 Å². The van der Waals surface area contributed by atoms with Crippen molar-refractivity contribution in [3.63, 3.8) is 0 Å². The van der Waals surface area contributed by atoms with Gasteiger partial charge in [0.05, 0.1) is 5.75 Å². The van der Waals surface area contributed by atoms with Crippen LogP contribution in [0.1, 0.15) is 43.8 Å². The Morgan fingerprint density at radius 1 is 1.27 bits per heavy atom. The van der Waals surface area contributed by atoms with Crippen LogP contribution in [-0.2, 0) is 18.4 Å². The van der Waals surface area contributed by atoms with Crippen molar-refractivity contribution in [2.24, 2.45) is 13.0 Å². The van der Waals surface area contributed by atoms with Gasteiger partial charge in [-0.2, -0.15) is 0 Å². The van der Waals surface area contributed by atoms with Crippen molar-refractivity contribution in [3.8, 4) is 0 Å². The second-order valence-corrected chi connectivity index (χ2v) is 8.35. The SMILES string of the molecule is Cn1cnnc1SCC(=O)N1CCC(c2nccn2CC2CCC2)CC1. The maximum atomic E-state index is 12.5. The van der Waals surface area contributed by atoms with E-state index in [2.05, 4.69) is 25.9 Å². The summed E-state index contributed by atoms with van der Waals surface area (Å²) in [5.74, 6) is 3.14. The van der Waals surface area contributed by atoms with E-state index in [0.717, 1.165) is 43.6 Å². The number of hydrogen-bond donors (Lipinski definition) is 0. The number of amides is 1. The Hall–Kier alpha value is -1.83. The highest BCUT2D eigenvalue weighted by atomic mass is 32.2. The number of aryl methyl sites for hydroxylation is 1. The molecule has 140 valence electrons. The van der Waals surface area contributed by atoms with E-state index in [1.54, 1.807) is 6.33 Å². The van der Waals surface area contributed by atoms with Crippen molar-refractivity contribution in [1.82, 2.24) is 29.2 Å². The number of carbonyl (C=O) groups is 1. The topological polar surface area (TPSA) is 68.8 Å². The van der Waals surface area contributed by atoms with E-state index in [1.165, 1.54) is 36.8 Å². The molecule has 0 radical (unpaired) electrons. The molecule has 7 nitrogen and oxygen atoms in total. The number of thioether (sulfide) groups is 1. The number of piperidine rings is 1. The van der Waals surface area contributed by atoms with E-state index in [0.29, 0.717) is 11.7 Å². The molecule has 2 aromatic rings. The first kappa shape index (κ1) is 17.6. The van der Waals surface area contributed by atoms with Gasteiger partial charge < -0.3 is 14.0 Å². The third-order valence-electron chi connectivity index (χ3n) is 5.63. The number of nitrogens with zero attached hydrogens (tertiary/aromatic N) is 6. The van der Waals surface area contributed by atoms with E-state index in [4.69, 9.17) is 0 Å². The summed E-state index contributed by atoms with van der Waals surface area (Å²) < 4.78 is 4.20. The molecule has 0 bridgehead atoms. The summed E-state index contributed by atoms with van der Waals surface area (Å²) in [5, 5.41) is 8.65. The third-order valence-corrected chi connectivity index (χ3v) is 6.65. The molecule has 0 atom stereocenters. The highest BCUT2D eigenvalue weighted by molar-refractivity contribution is 7.99. The van der Waals surface area contributed by atoms with E-state index in [1.807, 2.05) is 22.7 Å². The van der Waals surface area contributed by atoms with Crippen LogP contribution < -0.4 is 0 Å². The molecule has 0 unspecified atom stereocenters. The van der Waals surface area contributed by atoms with Crippen molar-refractivity contribution < 1.29 is 4.79 Å². The van der Waals surface area contributed by atoms with Gasteiger partial charge in [-0.25, -0.2) is 4.98 Å². The van der Waals surface area contributed by atoms with Gasteiger partial charge in [0.2, 0.25) is 5.91 Å². The molecular weight excluding hydrogens is 348 g/mol. The predicted molar refractivity (Wildman–Crippen MR) is 99.9 cm³/mol. The molecule has 0 spiro atoms. The molecule has 8 heteroatoms. The normalized spacial score (nSPS) is 18.9. The van der Waals surface area contributed by atoms with Crippen molar-refractivity contribution >= 4 is 17.7 Å². The summed E-state index contributed by atoms with van der Waals surface area (Å²) in [4.78, 5) is 19.1. The second-order valence-electron chi connectivity index (χ2n) is 7.40. The maximum Gasteiger partial charge on any atom is 0.233 e. The monoisotopic (exact) mass is 374 g/mol. The van der Waals surface area contributed by atoms with Crippen molar-refractivity contribution in [1.29, 1.82) is 0 Å². The number of likely N-dealkylation sites (tertiary alicyclic amines) is 1. The Morgan fingerprint density at radius 2 is 2.08 bits per heavy atom. The smallest absolute Gasteiger partial charge is 0.233 e. The van der Waals surface area contributed by atoms with Gasteiger partial charge in [-0.15, -0.1) is 10.2 Å². The van der Waals surface area contributed by atoms with Crippen LogP contribution in [0.25, 0.3) is 0 Å². The molecule has 26 heavy (non-hydrogen) atoms. The minimum absolute atomic E-state index is 0.189. The minimum Gasteiger partial charge on any atom is -0.342 e. The lowest BCUT2D eigenvalue weighted by atomic mass is 9.85. The van der Waals surface area contributed by atoms with Gasteiger partial charge in [0.15, 0.2) is 5.16 Å². The largest absolute Gasteiger partial charge is 0.342 e. The summed E-state index contributed by atoms with van der Waals surface area (Å²) in [6.07, 6.45) is 11.8. The van der Waals surface area contributed by atoms with Crippen LogP contribution >= 0.6 is 11.8 Å². The number of carbonyl (C=O) groups excluding carboxylic acids is 1. The van der Waals surface area contributed by atoms with Crippen LogP contribution in [0.2, 0.25) is 0 Å². The quantitative estimate of drug-likeness (QED) is 0.726. The molecule has 1 saturated carbocycles. The summed E-state index contributed by atoms with van der Waals surface area (Å²) >= 11 is 1.45. The van der Waals surface area contributed by atoms with Crippen LogP contribution in [0.15, 0.2) is 23.9 Å². The van der Waals surface area contributed by atoms with Gasteiger partial charge in [-0.05, 0) is 31.6 Å². The predicted octanol–water partition coefficient (Wildman–Crippen LogP) is 2.31. The molecule has 3 heterocycles.